The zero-order valence-corrected chi connectivity index (χ0v) is 13.5. The average molecular weight is 312 g/mol. The molecule has 0 spiro atoms. The van der Waals surface area contributed by atoms with Gasteiger partial charge in [0.2, 0.25) is 0 Å². The third-order valence-electron chi connectivity index (χ3n) is 3.26. The second kappa shape index (κ2) is 8.60. The quantitative estimate of drug-likeness (QED) is 0.749. The summed E-state index contributed by atoms with van der Waals surface area (Å²) in [5.74, 6) is 1.01. The largest absolute Gasteiger partial charge is 0.501 e. The molecule has 0 radical (unpaired) electrons. The van der Waals surface area contributed by atoms with E-state index >= 15 is 0 Å². The Labute approximate surface area is 130 Å². The number of halogens is 1. The van der Waals surface area contributed by atoms with E-state index < -0.39 is 0 Å². The van der Waals surface area contributed by atoms with E-state index in [1.165, 1.54) is 10.5 Å². The Morgan fingerprint density at radius 1 is 1.45 bits per heavy atom. The fourth-order valence-corrected chi connectivity index (χ4v) is 3.52. The van der Waals surface area contributed by atoms with Gasteiger partial charge in [0, 0.05) is 21.7 Å². The number of ether oxygens (including phenoxy) is 1. The van der Waals surface area contributed by atoms with Crippen LogP contribution in [-0.2, 0) is 4.74 Å². The molecule has 0 saturated carbocycles. The van der Waals surface area contributed by atoms with E-state index in [2.05, 4.69) is 18.3 Å². The fraction of sp³-hybridized carbons (Fsp3) is 0.500. The lowest BCUT2D eigenvalue weighted by Gasteiger charge is -2.24. The Bertz CT molecular complexity index is 450. The first-order chi connectivity index (χ1) is 9.79. The van der Waals surface area contributed by atoms with E-state index in [1.54, 1.807) is 0 Å². The molecule has 110 valence electrons. The molecule has 1 unspecified atom stereocenters. The minimum Gasteiger partial charge on any atom is -0.501 e. The number of nitrogens with one attached hydrogen (secondary N) is 1. The molecule has 2 rings (SSSR count). The SMILES string of the molecule is CCCNC(CSc1cccc(Cl)c1)C1=COCCC1. The number of hydrogen-bond donors (Lipinski definition) is 1. The molecule has 4 heteroatoms. The van der Waals surface area contributed by atoms with Gasteiger partial charge >= 0.3 is 0 Å². The van der Waals surface area contributed by atoms with Crippen LogP contribution in [0.4, 0.5) is 0 Å². The molecule has 1 aliphatic rings. The first-order valence-corrected chi connectivity index (χ1v) is 8.58. The Hall–Kier alpha value is -0.640. The third-order valence-corrected chi connectivity index (χ3v) is 4.59. The lowest BCUT2D eigenvalue weighted by Crippen LogP contribution is -2.34. The van der Waals surface area contributed by atoms with Gasteiger partial charge in [-0.2, -0.15) is 0 Å². The van der Waals surface area contributed by atoms with E-state index in [-0.39, 0.29) is 0 Å². The monoisotopic (exact) mass is 311 g/mol. The van der Waals surface area contributed by atoms with Crippen molar-refractivity contribution < 1.29 is 4.74 Å². The highest BCUT2D eigenvalue weighted by molar-refractivity contribution is 7.99. The summed E-state index contributed by atoms with van der Waals surface area (Å²) in [5, 5.41) is 4.42. The third kappa shape index (κ3) is 5.04. The van der Waals surface area contributed by atoms with Gasteiger partial charge in [-0.05, 0) is 49.6 Å². The van der Waals surface area contributed by atoms with Crippen molar-refractivity contribution in [1.82, 2.24) is 5.32 Å². The molecule has 20 heavy (non-hydrogen) atoms. The Morgan fingerprint density at radius 3 is 3.05 bits per heavy atom. The number of thioether (sulfide) groups is 1. The molecule has 1 aromatic carbocycles. The van der Waals surface area contributed by atoms with Crippen LogP contribution in [0.3, 0.4) is 0 Å². The smallest absolute Gasteiger partial charge is 0.0876 e. The van der Waals surface area contributed by atoms with Gasteiger partial charge in [0.05, 0.1) is 12.9 Å². The molecule has 0 fully saturated rings. The van der Waals surface area contributed by atoms with Gasteiger partial charge in [-0.25, -0.2) is 0 Å². The summed E-state index contributed by atoms with van der Waals surface area (Å²) >= 11 is 7.88. The highest BCUT2D eigenvalue weighted by Gasteiger charge is 2.16. The van der Waals surface area contributed by atoms with Gasteiger partial charge in [-0.3, -0.25) is 0 Å². The fourth-order valence-electron chi connectivity index (χ4n) is 2.19. The van der Waals surface area contributed by atoms with Gasteiger partial charge < -0.3 is 10.1 Å². The van der Waals surface area contributed by atoms with Crippen LogP contribution in [0.15, 0.2) is 41.0 Å². The maximum Gasteiger partial charge on any atom is 0.0876 e. The summed E-state index contributed by atoms with van der Waals surface area (Å²) in [6.07, 6.45) is 5.36. The zero-order valence-electron chi connectivity index (χ0n) is 11.9. The van der Waals surface area contributed by atoms with Crippen LogP contribution in [0.25, 0.3) is 0 Å². The average Bonchev–Trinajstić information content (AvgIpc) is 2.48. The van der Waals surface area contributed by atoms with Crippen molar-refractivity contribution in [2.75, 3.05) is 18.9 Å². The number of hydrogen-bond acceptors (Lipinski definition) is 3. The first-order valence-electron chi connectivity index (χ1n) is 7.22. The lowest BCUT2D eigenvalue weighted by atomic mass is 10.0. The van der Waals surface area contributed by atoms with E-state index in [4.69, 9.17) is 16.3 Å². The summed E-state index contributed by atoms with van der Waals surface area (Å²) in [5.41, 5.74) is 1.39. The topological polar surface area (TPSA) is 21.3 Å². The van der Waals surface area contributed by atoms with Gasteiger partial charge in [-0.1, -0.05) is 24.6 Å². The highest BCUT2D eigenvalue weighted by Crippen LogP contribution is 2.25. The Balaban J connectivity index is 1.94. The molecule has 1 aliphatic heterocycles. The molecule has 2 nitrogen and oxygen atoms in total. The van der Waals surface area contributed by atoms with Crippen LogP contribution in [0.5, 0.6) is 0 Å². The second-order valence-corrected chi connectivity index (χ2v) is 6.47. The molecule has 1 heterocycles. The predicted molar refractivity (Wildman–Crippen MR) is 87.5 cm³/mol. The van der Waals surface area contributed by atoms with Gasteiger partial charge in [0.15, 0.2) is 0 Å². The summed E-state index contributed by atoms with van der Waals surface area (Å²) in [7, 11) is 0. The van der Waals surface area contributed by atoms with Crippen molar-refractivity contribution >= 4 is 23.4 Å². The van der Waals surface area contributed by atoms with E-state index in [0.717, 1.165) is 43.2 Å². The number of rotatable bonds is 7. The highest BCUT2D eigenvalue weighted by atomic mass is 35.5. The molecule has 1 N–H and O–H groups in total. The molecule has 0 bridgehead atoms. The molecular weight excluding hydrogens is 290 g/mol. The molecule has 0 aliphatic carbocycles. The predicted octanol–water partition coefficient (Wildman–Crippen LogP) is 4.49. The van der Waals surface area contributed by atoms with Crippen LogP contribution in [0, 0.1) is 0 Å². The van der Waals surface area contributed by atoms with Gasteiger partial charge in [0.25, 0.3) is 0 Å². The van der Waals surface area contributed by atoms with Crippen LogP contribution in [0.1, 0.15) is 26.2 Å². The summed E-state index contributed by atoms with van der Waals surface area (Å²) in [6, 6.07) is 8.44. The summed E-state index contributed by atoms with van der Waals surface area (Å²) in [4.78, 5) is 1.22. The maximum absolute atomic E-state index is 6.03. The summed E-state index contributed by atoms with van der Waals surface area (Å²) < 4.78 is 5.48. The van der Waals surface area contributed by atoms with E-state index in [1.807, 2.05) is 36.2 Å². The van der Waals surface area contributed by atoms with Crippen molar-refractivity contribution in [2.45, 2.75) is 37.1 Å². The van der Waals surface area contributed by atoms with E-state index in [0.29, 0.717) is 6.04 Å². The molecule has 0 aromatic heterocycles. The molecular formula is C16H22ClNOS. The van der Waals surface area contributed by atoms with Crippen molar-refractivity contribution in [3.8, 4) is 0 Å². The molecule has 1 aromatic rings. The Kier molecular flexibility index (Phi) is 6.77. The maximum atomic E-state index is 6.03. The van der Waals surface area contributed by atoms with Gasteiger partial charge in [-0.15, -0.1) is 11.8 Å². The second-order valence-electron chi connectivity index (χ2n) is 4.94. The van der Waals surface area contributed by atoms with Crippen LogP contribution < -0.4 is 5.32 Å². The lowest BCUT2D eigenvalue weighted by molar-refractivity contribution is 0.220. The first kappa shape index (κ1) is 15.7. The van der Waals surface area contributed by atoms with E-state index in [9.17, 15) is 0 Å². The molecule has 0 amide bonds. The number of benzene rings is 1. The standard InChI is InChI=1S/C16H22ClNOS/c1-2-8-18-16(13-5-4-9-19-11-13)12-20-15-7-3-6-14(17)10-15/h3,6-7,10-11,16,18H,2,4-5,8-9,12H2,1H3. The Morgan fingerprint density at radius 2 is 2.35 bits per heavy atom. The van der Waals surface area contributed by atoms with Crippen molar-refractivity contribution in [3.05, 3.63) is 41.1 Å². The van der Waals surface area contributed by atoms with Crippen molar-refractivity contribution in [2.24, 2.45) is 0 Å². The van der Waals surface area contributed by atoms with Gasteiger partial charge in [0.1, 0.15) is 0 Å². The molecule has 0 saturated heterocycles. The zero-order chi connectivity index (χ0) is 14.2. The minimum atomic E-state index is 0.388. The van der Waals surface area contributed by atoms with Crippen LogP contribution in [0.2, 0.25) is 5.02 Å². The molecule has 1 atom stereocenters. The van der Waals surface area contributed by atoms with Crippen LogP contribution >= 0.6 is 23.4 Å². The minimum absolute atomic E-state index is 0.388. The van der Waals surface area contributed by atoms with Crippen LogP contribution in [-0.4, -0.2) is 24.9 Å². The van der Waals surface area contributed by atoms with Crippen molar-refractivity contribution in [3.63, 3.8) is 0 Å². The summed E-state index contributed by atoms with van der Waals surface area (Å²) in [6.45, 7) is 4.09. The van der Waals surface area contributed by atoms with Crippen molar-refractivity contribution in [1.29, 1.82) is 0 Å². The normalized spacial score (nSPS) is 16.4.